The number of amides is 2. The van der Waals surface area contributed by atoms with Gasteiger partial charge in [0.05, 0.1) is 12.1 Å². The van der Waals surface area contributed by atoms with Crippen LogP contribution in [0.25, 0.3) is 0 Å². The van der Waals surface area contributed by atoms with Crippen molar-refractivity contribution in [3.8, 4) is 0 Å². The van der Waals surface area contributed by atoms with Gasteiger partial charge in [0, 0.05) is 18.7 Å². The predicted molar refractivity (Wildman–Crippen MR) is 67.4 cm³/mol. The molecular formula is C13H14F2N2O3. The van der Waals surface area contributed by atoms with Gasteiger partial charge in [0.25, 0.3) is 0 Å². The zero-order chi connectivity index (χ0) is 14.7. The normalized spacial score (nSPS) is 18.1. The van der Waals surface area contributed by atoms with Crippen LogP contribution in [0.1, 0.15) is 19.3 Å². The first-order valence-electron chi connectivity index (χ1n) is 6.22. The van der Waals surface area contributed by atoms with Gasteiger partial charge in [0.15, 0.2) is 0 Å². The third-order valence-electron chi connectivity index (χ3n) is 3.22. The Morgan fingerprint density at radius 3 is 2.80 bits per heavy atom. The molecule has 2 rings (SSSR count). The lowest BCUT2D eigenvalue weighted by atomic mass is 10.1. The van der Waals surface area contributed by atoms with Crippen LogP contribution in [0.4, 0.5) is 19.3 Å². The van der Waals surface area contributed by atoms with E-state index in [1.807, 2.05) is 0 Å². The second-order valence-electron chi connectivity index (χ2n) is 4.64. The van der Waals surface area contributed by atoms with Crippen molar-refractivity contribution in [2.24, 2.45) is 0 Å². The number of carbonyl (C=O) groups excluding carboxylic acids is 1. The fourth-order valence-electron chi connectivity index (χ4n) is 2.29. The van der Waals surface area contributed by atoms with Gasteiger partial charge in [-0.25, -0.2) is 13.6 Å². The van der Waals surface area contributed by atoms with E-state index in [0.717, 1.165) is 12.1 Å². The number of benzene rings is 1. The van der Waals surface area contributed by atoms with E-state index in [0.29, 0.717) is 25.5 Å². The Morgan fingerprint density at radius 1 is 1.40 bits per heavy atom. The van der Waals surface area contributed by atoms with Crippen molar-refractivity contribution in [2.45, 2.75) is 25.3 Å². The summed E-state index contributed by atoms with van der Waals surface area (Å²) in [6.45, 7) is 0.423. The Hall–Kier alpha value is -2.18. The van der Waals surface area contributed by atoms with Crippen LogP contribution < -0.4 is 5.32 Å². The largest absolute Gasteiger partial charge is 0.481 e. The molecule has 0 aliphatic carbocycles. The molecule has 1 aliphatic heterocycles. The van der Waals surface area contributed by atoms with Gasteiger partial charge in [-0.15, -0.1) is 0 Å². The molecular weight excluding hydrogens is 270 g/mol. The van der Waals surface area contributed by atoms with Crippen LogP contribution in [0.15, 0.2) is 18.2 Å². The molecule has 0 radical (unpaired) electrons. The zero-order valence-corrected chi connectivity index (χ0v) is 10.6. The van der Waals surface area contributed by atoms with Gasteiger partial charge < -0.3 is 15.3 Å². The number of carbonyl (C=O) groups is 2. The second-order valence-corrected chi connectivity index (χ2v) is 4.64. The van der Waals surface area contributed by atoms with E-state index in [2.05, 4.69) is 5.32 Å². The summed E-state index contributed by atoms with van der Waals surface area (Å²) in [5, 5.41) is 11.1. The first kappa shape index (κ1) is 14.2. The summed E-state index contributed by atoms with van der Waals surface area (Å²) >= 11 is 0. The van der Waals surface area contributed by atoms with Crippen molar-refractivity contribution in [1.82, 2.24) is 4.90 Å². The van der Waals surface area contributed by atoms with Gasteiger partial charge in [-0.05, 0) is 25.0 Å². The van der Waals surface area contributed by atoms with Gasteiger partial charge in [0.2, 0.25) is 0 Å². The molecule has 2 amide bonds. The number of hydrogen-bond donors (Lipinski definition) is 2. The number of carboxylic acid groups (broad SMARTS) is 1. The van der Waals surface area contributed by atoms with Crippen molar-refractivity contribution in [1.29, 1.82) is 0 Å². The minimum atomic E-state index is -0.984. The Kier molecular flexibility index (Phi) is 4.16. The molecule has 5 nitrogen and oxygen atoms in total. The van der Waals surface area contributed by atoms with Crippen LogP contribution in [0.5, 0.6) is 0 Å². The number of hydrogen-bond acceptors (Lipinski definition) is 2. The number of likely N-dealkylation sites (tertiary alicyclic amines) is 1. The maximum atomic E-state index is 13.4. The third kappa shape index (κ3) is 3.23. The van der Waals surface area contributed by atoms with Crippen molar-refractivity contribution in [2.75, 3.05) is 11.9 Å². The molecule has 108 valence electrons. The minimum Gasteiger partial charge on any atom is -0.481 e. The van der Waals surface area contributed by atoms with Gasteiger partial charge in [-0.2, -0.15) is 0 Å². The Morgan fingerprint density at radius 2 is 2.15 bits per heavy atom. The number of nitrogens with zero attached hydrogens (tertiary/aromatic N) is 1. The van der Waals surface area contributed by atoms with Crippen molar-refractivity contribution >= 4 is 17.7 Å². The first-order valence-corrected chi connectivity index (χ1v) is 6.22. The number of nitrogens with one attached hydrogen (secondary N) is 1. The molecule has 1 atom stereocenters. The molecule has 1 aliphatic rings. The monoisotopic (exact) mass is 284 g/mol. The molecule has 1 fully saturated rings. The molecule has 20 heavy (non-hydrogen) atoms. The van der Waals surface area contributed by atoms with E-state index in [4.69, 9.17) is 5.11 Å². The number of aliphatic carboxylic acids is 1. The van der Waals surface area contributed by atoms with Crippen LogP contribution in [-0.2, 0) is 4.79 Å². The molecule has 7 heteroatoms. The molecule has 2 N–H and O–H groups in total. The van der Waals surface area contributed by atoms with Gasteiger partial charge in [0.1, 0.15) is 11.6 Å². The van der Waals surface area contributed by atoms with E-state index in [1.165, 1.54) is 4.90 Å². The maximum absolute atomic E-state index is 13.4. The number of halogens is 2. The second kappa shape index (κ2) is 5.85. The first-order chi connectivity index (χ1) is 9.47. The average Bonchev–Trinajstić information content (AvgIpc) is 2.80. The summed E-state index contributed by atoms with van der Waals surface area (Å²) < 4.78 is 26.2. The zero-order valence-electron chi connectivity index (χ0n) is 10.6. The molecule has 1 aromatic rings. The fraction of sp³-hybridized carbons (Fsp3) is 0.385. The Labute approximate surface area is 114 Å². The number of urea groups is 1. The summed E-state index contributed by atoms with van der Waals surface area (Å²) in [7, 11) is 0. The SMILES string of the molecule is O=C(O)CC1CCCN1C(=O)Nc1ccc(F)cc1F. The van der Waals surface area contributed by atoms with E-state index in [-0.39, 0.29) is 12.1 Å². The Balaban J connectivity index is 2.05. The van der Waals surface area contributed by atoms with Gasteiger partial charge in [-0.1, -0.05) is 0 Å². The molecule has 1 aromatic carbocycles. The summed E-state index contributed by atoms with van der Waals surface area (Å²) in [5.74, 6) is -2.58. The van der Waals surface area contributed by atoms with Gasteiger partial charge in [-0.3, -0.25) is 4.79 Å². The lowest BCUT2D eigenvalue weighted by molar-refractivity contribution is -0.137. The lowest BCUT2D eigenvalue weighted by Crippen LogP contribution is -2.39. The molecule has 1 saturated heterocycles. The van der Waals surface area contributed by atoms with E-state index in [9.17, 15) is 18.4 Å². The number of anilines is 1. The summed E-state index contributed by atoms with van der Waals surface area (Å²) in [5.41, 5.74) is -0.127. The van der Waals surface area contributed by atoms with Crippen molar-refractivity contribution in [3.63, 3.8) is 0 Å². The smallest absolute Gasteiger partial charge is 0.322 e. The van der Waals surface area contributed by atoms with Crippen molar-refractivity contribution in [3.05, 3.63) is 29.8 Å². The maximum Gasteiger partial charge on any atom is 0.322 e. The van der Waals surface area contributed by atoms with Crippen molar-refractivity contribution < 1.29 is 23.5 Å². The highest BCUT2D eigenvalue weighted by atomic mass is 19.1. The molecule has 1 heterocycles. The topological polar surface area (TPSA) is 69.6 Å². The Bertz CT molecular complexity index is 536. The van der Waals surface area contributed by atoms with Crippen LogP contribution in [0.3, 0.4) is 0 Å². The minimum absolute atomic E-state index is 0.127. The third-order valence-corrected chi connectivity index (χ3v) is 3.22. The summed E-state index contributed by atoms with van der Waals surface area (Å²) in [6.07, 6.45) is 1.17. The highest BCUT2D eigenvalue weighted by Gasteiger charge is 2.30. The summed E-state index contributed by atoms with van der Waals surface area (Å²) in [6, 6.07) is 1.88. The molecule has 1 unspecified atom stereocenters. The summed E-state index contributed by atoms with van der Waals surface area (Å²) in [4.78, 5) is 24.1. The number of carboxylic acids is 1. The standard InChI is InChI=1S/C13H14F2N2O3/c14-8-3-4-11(10(15)6-8)16-13(20)17-5-1-2-9(17)7-12(18)19/h3-4,6,9H,1-2,5,7H2,(H,16,20)(H,18,19). The van der Waals surface area contributed by atoms with Crippen LogP contribution in [-0.4, -0.2) is 34.6 Å². The number of rotatable bonds is 3. The van der Waals surface area contributed by atoms with Crippen LogP contribution in [0.2, 0.25) is 0 Å². The molecule has 0 bridgehead atoms. The lowest BCUT2D eigenvalue weighted by Gasteiger charge is -2.23. The van der Waals surface area contributed by atoms with Gasteiger partial charge >= 0.3 is 12.0 Å². The van der Waals surface area contributed by atoms with E-state index < -0.39 is 29.7 Å². The van der Waals surface area contributed by atoms with E-state index >= 15 is 0 Å². The highest BCUT2D eigenvalue weighted by Crippen LogP contribution is 2.22. The fourth-order valence-corrected chi connectivity index (χ4v) is 2.29. The molecule has 0 saturated carbocycles. The van der Waals surface area contributed by atoms with Crippen LogP contribution >= 0.6 is 0 Å². The quantitative estimate of drug-likeness (QED) is 0.895. The van der Waals surface area contributed by atoms with E-state index in [1.54, 1.807) is 0 Å². The predicted octanol–water partition coefficient (Wildman–Crippen LogP) is 2.44. The highest BCUT2D eigenvalue weighted by molar-refractivity contribution is 5.90. The molecule has 0 spiro atoms. The average molecular weight is 284 g/mol. The van der Waals surface area contributed by atoms with Crippen LogP contribution in [0, 0.1) is 11.6 Å². The molecule has 0 aromatic heterocycles.